The van der Waals surface area contributed by atoms with Gasteiger partial charge in [-0.25, -0.2) is 4.68 Å². The fraction of sp³-hybridized carbons (Fsp3) is 0.286. The largest absolute Gasteiger partial charge is 0.355 e. The van der Waals surface area contributed by atoms with Gasteiger partial charge in [0.05, 0.1) is 6.04 Å². The van der Waals surface area contributed by atoms with Crippen LogP contribution in [0.15, 0.2) is 59.8 Å². The molecule has 0 aliphatic carbocycles. The van der Waals surface area contributed by atoms with Crippen molar-refractivity contribution in [3.63, 3.8) is 0 Å². The number of nitrogens with zero attached hydrogens (tertiary/aromatic N) is 3. The lowest BCUT2D eigenvalue weighted by molar-refractivity contribution is -0.121. The summed E-state index contributed by atoms with van der Waals surface area (Å²) in [6.07, 6.45) is 0. The number of thioether (sulfide) groups is 1. The van der Waals surface area contributed by atoms with Gasteiger partial charge in [0, 0.05) is 17.1 Å². The molecule has 1 amide bonds. The number of amides is 1. The van der Waals surface area contributed by atoms with Crippen LogP contribution in [0.5, 0.6) is 0 Å². The Hall–Kier alpha value is -2.51. The van der Waals surface area contributed by atoms with Crippen molar-refractivity contribution < 1.29 is 4.79 Å². The average molecular weight is 428 g/mol. The summed E-state index contributed by atoms with van der Waals surface area (Å²) in [6, 6.07) is 17.2. The zero-order valence-corrected chi connectivity index (χ0v) is 17.7. The highest BCUT2D eigenvalue weighted by Crippen LogP contribution is 2.38. The fourth-order valence-corrected chi connectivity index (χ4v) is 4.39. The van der Waals surface area contributed by atoms with Crippen LogP contribution in [0.2, 0.25) is 5.02 Å². The standard InChI is InChI=1S/C21H22ClN5OS/c1-13(2)12-23-20(28)18-17(14-8-10-16(22)11-9-14)26-27-19(24-25-21(27)29-18)15-6-4-3-5-7-15/h3-11,13,17-18,26H,12H2,1-2H3,(H,23,28)/t17-,18+/m0/s1. The lowest BCUT2D eigenvalue weighted by atomic mass is 10.0. The summed E-state index contributed by atoms with van der Waals surface area (Å²) < 4.78 is 1.87. The Morgan fingerprint density at radius 2 is 1.90 bits per heavy atom. The molecule has 1 aromatic heterocycles. The van der Waals surface area contributed by atoms with E-state index in [-0.39, 0.29) is 17.2 Å². The Morgan fingerprint density at radius 1 is 1.17 bits per heavy atom. The summed E-state index contributed by atoms with van der Waals surface area (Å²) in [5.74, 6) is 1.07. The first-order chi connectivity index (χ1) is 14.0. The number of carbonyl (C=O) groups excluding carboxylic acids is 1. The molecule has 4 rings (SSSR count). The second-order valence-electron chi connectivity index (χ2n) is 7.34. The quantitative estimate of drug-likeness (QED) is 0.640. The zero-order valence-electron chi connectivity index (χ0n) is 16.2. The minimum Gasteiger partial charge on any atom is -0.355 e. The SMILES string of the molecule is CC(C)CNC(=O)[C@@H]1Sc2nnc(-c3ccccc3)n2N[C@H]1c1ccc(Cl)cc1. The Morgan fingerprint density at radius 3 is 2.59 bits per heavy atom. The van der Waals surface area contributed by atoms with E-state index in [0.717, 1.165) is 11.1 Å². The van der Waals surface area contributed by atoms with Crippen molar-refractivity contribution in [3.05, 3.63) is 65.2 Å². The van der Waals surface area contributed by atoms with Gasteiger partial charge in [0.25, 0.3) is 0 Å². The molecule has 1 aliphatic rings. The molecule has 0 saturated carbocycles. The van der Waals surface area contributed by atoms with E-state index in [1.807, 2.05) is 59.3 Å². The highest BCUT2D eigenvalue weighted by Gasteiger charge is 2.37. The van der Waals surface area contributed by atoms with Gasteiger partial charge in [-0.3, -0.25) is 4.79 Å². The first kappa shape index (κ1) is 19.8. The van der Waals surface area contributed by atoms with Crippen molar-refractivity contribution in [1.29, 1.82) is 0 Å². The van der Waals surface area contributed by atoms with Crippen LogP contribution in [-0.4, -0.2) is 32.6 Å². The second-order valence-corrected chi connectivity index (χ2v) is 8.89. The number of fused-ring (bicyclic) bond motifs is 1. The molecular weight excluding hydrogens is 406 g/mol. The summed E-state index contributed by atoms with van der Waals surface area (Å²) in [4.78, 5) is 13.0. The first-order valence-electron chi connectivity index (χ1n) is 9.50. The Bertz CT molecular complexity index is 990. The number of nitrogens with one attached hydrogen (secondary N) is 2. The molecule has 3 aromatic rings. The molecule has 150 valence electrons. The van der Waals surface area contributed by atoms with Gasteiger partial charge in [-0.2, -0.15) is 0 Å². The molecule has 0 radical (unpaired) electrons. The van der Waals surface area contributed by atoms with Crippen LogP contribution in [-0.2, 0) is 4.79 Å². The second kappa shape index (κ2) is 8.47. The lowest BCUT2D eigenvalue weighted by Crippen LogP contribution is -2.44. The van der Waals surface area contributed by atoms with Crippen molar-refractivity contribution in [2.75, 3.05) is 12.0 Å². The van der Waals surface area contributed by atoms with E-state index in [1.54, 1.807) is 0 Å². The van der Waals surface area contributed by atoms with Crippen LogP contribution < -0.4 is 10.7 Å². The normalized spacial score (nSPS) is 18.2. The van der Waals surface area contributed by atoms with Crippen LogP contribution in [0.3, 0.4) is 0 Å². The van der Waals surface area contributed by atoms with Gasteiger partial charge in [-0.05, 0) is 23.6 Å². The first-order valence-corrected chi connectivity index (χ1v) is 10.8. The third kappa shape index (κ3) is 4.26. The third-order valence-electron chi connectivity index (χ3n) is 4.64. The highest BCUT2D eigenvalue weighted by molar-refractivity contribution is 8.00. The number of rotatable bonds is 5. The molecular formula is C21H22ClN5OS. The topological polar surface area (TPSA) is 71.8 Å². The van der Waals surface area contributed by atoms with Gasteiger partial charge >= 0.3 is 0 Å². The number of carbonyl (C=O) groups is 1. The van der Waals surface area contributed by atoms with Gasteiger partial charge in [0.2, 0.25) is 11.1 Å². The smallest absolute Gasteiger partial charge is 0.236 e. The molecule has 0 fully saturated rings. The molecule has 8 heteroatoms. The van der Waals surface area contributed by atoms with Gasteiger partial charge in [-0.15, -0.1) is 10.2 Å². The van der Waals surface area contributed by atoms with Crippen LogP contribution in [0, 0.1) is 5.92 Å². The van der Waals surface area contributed by atoms with E-state index in [0.29, 0.717) is 28.5 Å². The van der Waals surface area contributed by atoms with E-state index in [1.165, 1.54) is 11.8 Å². The molecule has 6 nitrogen and oxygen atoms in total. The fourth-order valence-electron chi connectivity index (χ4n) is 3.15. The van der Waals surface area contributed by atoms with E-state index in [9.17, 15) is 4.79 Å². The predicted octanol–water partition coefficient (Wildman–Crippen LogP) is 4.13. The van der Waals surface area contributed by atoms with Crippen LogP contribution in [0.1, 0.15) is 25.5 Å². The summed E-state index contributed by atoms with van der Waals surface area (Å²) in [7, 11) is 0. The maximum atomic E-state index is 13.0. The monoisotopic (exact) mass is 427 g/mol. The summed E-state index contributed by atoms with van der Waals surface area (Å²) in [5, 5.41) is 12.7. The summed E-state index contributed by atoms with van der Waals surface area (Å²) in [5.41, 5.74) is 5.40. The maximum absolute atomic E-state index is 13.0. The van der Waals surface area contributed by atoms with E-state index < -0.39 is 0 Å². The minimum absolute atomic E-state index is 0.0216. The van der Waals surface area contributed by atoms with Crippen LogP contribution in [0.4, 0.5) is 0 Å². The Balaban J connectivity index is 1.70. The Labute approximate surface area is 179 Å². The molecule has 29 heavy (non-hydrogen) atoms. The summed E-state index contributed by atoms with van der Waals surface area (Å²) >= 11 is 7.49. The molecule has 0 bridgehead atoms. The minimum atomic E-state index is -0.379. The average Bonchev–Trinajstić information content (AvgIpc) is 3.15. The van der Waals surface area contributed by atoms with Crippen molar-refractivity contribution in [1.82, 2.24) is 20.2 Å². The Kier molecular flexibility index (Phi) is 5.78. The molecule has 2 atom stereocenters. The molecule has 2 heterocycles. The maximum Gasteiger partial charge on any atom is 0.236 e. The number of hydrogen-bond acceptors (Lipinski definition) is 5. The molecule has 0 spiro atoms. The van der Waals surface area contributed by atoms with Crippen LogP contribution >= 0.6 is 23.4 Å². The van der Waals surface area contributed by atoms with Gasteiger partial charge in [0.15, 0.2) is 5.82 Å². The molecule has 2 N–H and O–H groups in total. The lowest BCUT2D eigenvalue weighted by Gasteiger charge is -2.33. The molecule has 1 aliphatic heterocycles. The van der Waals surface area contributed by atoms with Gasteiger partial charge < -0.3 is 10.7 Å². The molecule has 2 aromatic carbocycles. The molecule has 0 unspecified atom stereocenters. The van der Waals surface area contributed by atoms with E-state index >= 15 is 0 Å². The molecule has 0 saturated heterocycles. The van der Waals surface area contributed by atoms with Crippen molar-refractivity contribution in [2.45, 2.75) is 30.3 Å². The van der Waals surface area contributed by atoms with Crippen molar-refractivity contribution in [2.24, 2.45) is 5.92 Å². The van der Waals surface area contributed by atoms with E-state index in [4.69, 9.17) is 11.6 Å². The zero-order chi connectivity index (χ0) is 20.4. The van der Waals surface area contributed by atoms with Gasteiger partial charge in [-0.1, -0.05) is 79.7 Å². The summed E-state index contributed by atoms with van der Waals surface area (Å²) in [6.45, 7) is 4.78. The van der Waals surface area contributed by atoms with Crippen molar-refractivity contribution in [3.8, 4) is 11.4 Å². The van der Waals surface area contributed by atoms with E-state index in [2.05, 4.69) is 34.8 Å². The number of hydrogen-bond donors (Lipinski definition) is 2. The number of halogens is 1. The van der Waals surface area contributed by atoms with Gasteiger partial charge in [0.1, 0.15) is 5.25 Å². The highest BCUT2D eigenvalue weighted by atomic mass is 35.5. The number of aromatic nitrogens is 3. The third-order valence-corrected chi connectivity index (χ3v) is 6.11. The van der Waals surface area contributed by atoms with Crippen LogP contribution in [0.25, 0.3) is 11.4 Å². The predicted molar refractivity (Wildman–Crippen MR) is 117 cm³/mol. The van der Waals surface area contributed by atoms with Crippen molar-refractivity contribution >= 4 is 29.3 Å². The number of benzene rings is 2.